The van der Waals surface area contributed by atoms with Crippen LogP contribution in [0.3, 0.4) is 0 Å². The van der Waals surface area contributed by atoms with Crippen molar-refractivity contribution in [3.63, 3.8) is 0 Å². The van der Waals surface area contributed by atoms with Gasteiger partial charge in [0.1, 0.15) is 0 Å². The van der Waals surface area contributed by atoms with E-state index in [2.05, 4.69) is 4.74 Å². The van der Waals surface area contributed by atoms with Crippen LogP contribution in [0.5, 0.6) is 11.5 Å². The largest absolute Gasteiger partial charge is 0.460 e. The van der Waals surface area contributed by atoms with Gasteiger partial charge in [0.25, 0.3) is 5.78 Å². The summed E-state index contributed by atoms with van der Waals surface area (Å²) < 4.78 is 15.6. The summed E-state index contributed by atoms with van der Waals surface area (Å²) in [6.45, 7) is 5.20. The predicted molar refractivity (Wildman–Crippen MR) is 67.8 cm³/mol. The highest BCUT2D eigenvalue weighted by Gasteiger charge is 2.34. The standard InChI is InChI=1S/C13H13ClO5/c1-4-17-12(16)11(15)7-5-9-10(6-8(7)14)19-13(2,3)18-9/h5-6H,4H2,1-3H3. The quantitative estimate of drug-likeness (QED) is 0.485. The van der Waals surface area contributed by atoms with E-state index < -0.39 is 17.5 Å². The number of ketones is 1. The number of benzene rings is 1. The second-order valence-corrected chi connectivity index (χ2v) is 4.84. The molecule has 19 heavy (non-hydrogen) atoms. The summed E-state index contributed by atoms with van der Waals surface area (Å²) >= 11 is 5.98. The number of esters is 1. The first kappa shape index (κ1) is 13.7. The van der Waals surface area contributed by atoms with Gasteiger partial charge in [-0.15, -0.1) is 0 Å². The van der Waals surface area contributed by atoms with Gasteiger partial charge in [-0.25, -0.2) is 4.79 Å². The van der Waals surface area contributed by atoms with E-state index in [1.165, 1.54) is 12.1 Å². The molecule has 102 valence electrons. The molecule has 0 spiro atoms. The van der Waals surface area contributed by atoms with Crippen LogP contribution in [0.15, 0.2) is 12.1 Å². The number of hydrogen-bond donors (Lipinski definition) is 0. The number of halogens is 1. The molecule has 0 atom stereocenters. The smallest absolute Gasteiger partial charge is 0.379 e. The molecule has 0 radical (unpaired) electrons. The monoisotopic (exact) mass is 284 g/mol. The zero-order chi connectivity index (χ0) is 14.2. The Balaban J connectivity index is 2.35. The molecule has 1 aliphatic rings. The highest BCUT2D eigenvalue weighted by atomic mass is 35.5. The van der Waals surface area contributed by atoms with Gasteiger partial charge in [0.2, 0.25) is 5.79 Å². The van der Waals surface area contributed by atoms with E-state index in [0.29, 0.717) is 11.5 Å². The van der Waals surface area contributed by atoms with Gasteiger partial charge in [0, 0.05) is 19.9 Å². The minimum atomic E-state index is -0.942. The van der Waals surface area contributed by atoms with Gasteiger partial charge in [-0.2, -0.15) is 0 Å². The van der Waals surface area contributed by atoms with Crippen LogP contribution in [0, 0.1) is 0 Å². The van der Waals surface area contributed by atoms with Crippen LogP contribution < -0.4 is 9.47 Å². The minimum Gasteiger partial charge on any atom is -0.460 e. The lowest BCUT2D eigenvalue weighted by molar-refractivity contribution is -0.137. The molecule has 0 saturated heterocycles. The van der Waals surface area contributed by atoms with Gasteiger partial charge in [-0.05, 0) is 13.0 Å². The lowest BCUT2D eigenvalue weighted by Gasteiger charge is -2.16. The molecular weight excluding hydrogens is 272 g/mol. The lowest BCUT2D eigenvalue weighted by Crippen LogP contribution is -2.29. The van der Waals surface area contributed by atoms with Crippen molar-refractivity contribution in [3.05, 3.63) is 22.7 Å². The summed E-state index contributed by atoms with van der Waals surface area (Å²) in [6.07, 6.45) is 0. The fraction of sp³-hybridized carbons (Fsp3) is 0.385. The van der Waals surface area contributed by atoms with Crippen molar-refractivity contribution in [1.82, 2.24) is 0 Å². The fourth-order valence-electron chi connectivity index (χ4n) is 1.73. The number of ether oxygens (including phenoxy) is 3. The molecule has 0 unspecified atom stereocenters. The Bertz CT molecular complexity index is 550. The molecule has 5 nitrogen and oxygen atoms in total. The van der Waals surface area contributed by atoms with Crippen LogP contribution in [0.4, 0.5) is 0 Å². The van der Waals surface area contributed by atoms with E-state index in [9.17, 15) is 9.59 Å². The SMILES string of the molecule is CCOC(=O)C(=O)c1cc2c(cc1Cl)OC(C)(C)O2. The average molecular weight is 285 g/mol. The van der Waals surface area contributed by atoms with Crippen molar-refractivity contribution < 1.29 is 23.8 Å². The van der Waals surface area contributed by atoms with Crippen molar-refractivity contribution in [1.29, 1.82) is 0 Å². The zero-order valence-corrected chi connectivity index (χ0v) is 11.5. The molecule has 0 fully saturated rings. The summed E-state index contributed by atoms with van der Waals surface area (Å²) in [5, 5.41) is 0.123. The first-order valence-corrected chi connectivity index (χ1v) is 6.15. The molecule has 0 N–H and O–H groups in total. The Morgan fingerprint density at radius 3 is 2.42 bits per heavy atom. The maximum absolute atomic E-state index is 11.9. The third-order valence-corrected chi connectivity index (χ3v) is 2.76. The summed E-state index contributed by atoms with van der Waals surface area (Å²) in [6, 6.07) is 2.85. The number of fused-ring (bicyclic) bond motifs is 1. The van der Waals surface area contributed by atoms with E-state index >= 15 is 0 Å². The molecule has 0 aliphatic carbocycles. The first-order valence-electron chi connectivity index (χ1n) is 5.77. The second-order valence-electron chi connectivity index (χ2n) is 4.43. The number of rotatable bonds is 3. The average Bonchev–Trinajstić information content (AvgIpc) is 2.60. The van der Waals surface area contributed by atoms with Gasteiger partial charge in [0.15, 0.2) is 11.5 Å². The highest BCUT2D eigenvalue weighted by molar-refractivity contribution is 6.45. The molecule has 0 amide bonds. The Morgan fingerprint density at radius 1 is 1.26 bits per heavy atom. The van der Waals surface area contributed by atoms with E-state index in [1.807, 2.05) is 0 Å². The van der Waals surface area contributed by atoms with E-state index in [-0.39, 0.29) is 17.2 Å². The third kappa shape index (κ3) is 2.66. The van der Waals surface area contributed by atoms with Crippen LogP contribution in [-0.2, 0) is 9.53 Å². The molecule has 1 heterocycles. The van der Waals surface area contributed by atoms with Crippen LogP contribution in [0.25, 0.3) is 0 Å². The maximum Gasteiger partial charge on any atom is 0.379 e. The number of carbonyl (C=O) groups excluding carboxylic acids is 2. The Labute approximate surface area is 115 Å². The van der Waals surface area contributed by atoms with Crippen molar-refractivity contribution in [2.75, 3.05) is 6.61 Å². The second kappa shape index (κ2) is 4.74. The normalized spacial score (nSPS) is 15.2. The predicted octanol–water partition coefficient (Wildman–Crippen LogP) is 2.59. The minimum absolute atomic E-state index is 0.0418. The number of carbonyl (C=O) groups is 2. The maximum atomic E-state index is 11.9. The van der Waals surface area contributed by atoms with Crippen LogP contribution >= 0.6 is 11.6 Å². The van der Waals surface area contributed by atoms with E-state index in [0.717, 1.165) is 0 Å². The molecule has 0 saturated carbocycles. The van der Waals surface area contributed by atoms with Crippen molar-refractivity contribution >= 4 is 23.4 Å². The molecule has 2 rings (SSSR count). The Morgan fingerprint density at radius 2 is 1.84 bits per heavy atom. The highest BCUT2D eigenvalue weighted by Crippen LogP contribution is 2.42. The van der Waals surface area contributed by atoms with Crippen LogP contribution in [-0.4, -0.2) is 24.1 Å². The van der Waals surface area contributed by atoms with Crippen molar-refractivity contribution in [2.45, 2.75) is 26.6 Å². The topological polar surface area (TPSA) is 61.8 Å². The van der Waals surface area contributed by atoms with Gasteiger partial charge < -0.3 is 14.2 Å². The molecule has 0 bridgehead atoms. The molecular formula is C13H13ClO5. The summed E-state index contributed by atoms with van der Waals surface area (Å²) in [5.41, 5.74) is 0.0418. The van der Waals surface area contributed by atoms with Crippen molar-refractivity contribution in [3.8, 4) is 11.5 Å². The molecule has 6 heteroatoms. The summed E-state index contributed by atoms with van der Waals surface area (Å²) in [7, 11) is 0. The Hall–Kier alpha value is -1.75. The Kier molecular flexibility index (Phi) is 3.41. The molecule has 0 aromatic heterocycles. The van der Waals surface area contributed by atoms with Crippen LogP contribution in [0.1, 0.15) is 31.1 Å². The van der Waals surface area contributed by atoms with Gasteiger partial charge in [-0.1, -0.05) is 11.6 Å². The summed E-state index contributed by atoms with van der Waals surface area (Å²) in [5.74, 6) is -1.75. The first-order chi connectivity index (χ1) is 8.84. The molecule has 1 aromatic rings. The van der Waals surface area contributed by atoms with Gasteiger partial charge >= 0.3 is 5.97 Å². The van der Waals surface area contributed by atoms with E-state index in [4.69, 9.17) is 21.1 Å². The summed E-state index contributed by atoms with van der Waals surface area (Å²) in [4.78, 5) is 23.3. The third-order valence-electron chi connectivity index (χ3n) is 2.45. The van der Waals surface area contributed by atoms with E-state index in [1.54, 1.807) is 20.8 Å². The lowest BCUT2D eigenvalue weighted by atomic mass is 10.1. The number of hydrogen-bond acceptors (Lipinski definition) is 5. The zero-order valence-electron chi connectivity index (χ0n) is 10.8. The van der Waals surface area contributed by atoms with Gasteiger partial charge in [0.05, 0.1) is 17.2 Å². The van der Waals surface area contributed by atoms with Crippen LogP contribution in [0.2, 0.25) is 5.02 Å². The fourth-order valence-corrected chi connectivity index (χ4v) is 1.97. The molecule has 1 aliphatic heterocycles. The number of Topliss-reactive ketones (excluding diaryl/α,β-unsaturated/α-hetero) is 1. The van der Waals surface area contributed by atoms with Crippen molar-refractivity contribution in [2.24, 2.45) is 0 Å². The van der Waals surface area contributed by atoms with Gasteiger partial charge in [-0.3, -0.25) is 4.79 Å². The molecule has 1 aromatic carbocycles.